The first-order valence-corrected chi connectivity index (χ1v) is 4.32. The van der Waals surface area contributed by atoms with Crippen LogP contribution in [0.1, 0.15) is 5.69 Å². The number of pyridine rings is 1. The van der Waals surface area contributed by atoms with Gasteiger partial charge >= 0.3 is 0 Å². The Morgan fingerprint density at radius 1 is 1.36 bits per heavy atom. The smallest absolute Gasteiger partial charge is 0.237 e. The zero-order valence-electron chi connectivity index (χ0n) is 7.60. The molecule has 0 unspecified atom stereocenters. The molecule has 0 fully saturated rings. The summed E-state index contributed by atoms with van der Waals surface area (Å²) in [5.74, 6) is 0.474. The van der Waals surface area contributed by atoms with Crippen molar-refractivity contribution in [3.8, 4) is 5.88 Å². The van der Waals surface area contributed by atoms with Crippen molar-refractivity contribution in [3.63, 3.8) is 0 Å². The van der Waals surface area contributed by atoms with Crippen molar-refractivity contribution in [2.45, 2.75) is 6.61 Å². The number of nitrogens with two attached hydrogens (primary N) is 1. The third-order valence-electron chi connectivity index (χ3n) is 1.83. The van der Waals surface area contributed by atoms with E-state index < -0.39 is 0 Å². The average molecular weight is 189 g/mol. The molecule has 72 valence electrons. The number of nitrogen functional groups attached to an aromatic ring is 1. The molecule has 4 nitrogen and oxygen atoms in total. The minimum Gasteiger partial charge on any atom is -0.470 e. The number of ether oxygens (including phenoxy) is 1. The van der Waals surface area contributed by atoms with Crippen molar-refractivity contribution in [2.24, 2.45) is 0 Å². The fourth-order valence-corrected chi connectivity index (χ4v) is 1.13. The van der Waals surface area contributed by atoms with Gasteiger partial charge in [0.2, 0.25) is 5.88 Å². The van der Waals surface area contributed by atoms with Crippen LogP contribution in [0, 0.1) is 0 Å². The second kappa shape index (κ2) is 3.83. The molecule has 0 bridgehead atoms. The molecule has 0 saturated heterocycles. The number of H-pyrrole nitrogens is 1. The van der Waals surface area contributed by atoms with Crippen LogP contribution in [0.3, 0.4) is 0 Å². The van der Waals surface area contributed by atoms with Gasteiger partial charge in [-0.15, -0.1) is 0 Å². The Bertz CT molecular complexity index is 398. The molecule has 0 spiro atoms. The predicted octanol–water partition coefficient (Wildman–Crippen LogP) is 1.57. The van der Waals surface area contributed by atoms with Crippen LogP contribution in [0.2, 0.25) is 0 Å². The number of hydrogen-bond donors (Lipinski definition) is 2. The second-order valence-corrected chi connectivity index (χ2v) is 2.88. The first-order valence-electron chi connectivity index (χ1n) is 4.32. The lowest BCUT2D eigenvalue weighted by molar-refractivity contribution is 0.292. The molecular formula is C10H11N3O. The monoisotopic (exact) mass is 189 g/mol. The van der Waals surface area contributed by atoms with Crippen molar-refractivity contribution >= 4 is 5.69 Å². The Labute approximate surface area is 81.7 Å². The van der Waals surface area contributed by atoms with E-state index >= 15 is 0 Å². The highest BCUT2D eigenvalue weighted by Gasteiger charge is 2.00. The summed E-state index contributed by atoms with van der Waals surface area (Å²) in [6.45, 7) is 0.453. The maximum atomic E-state index is 5.66. The van der Waals surface area contributed by atoms with Crippen LogP contribution in [0.15, 0.2) is 36.7 Å². The molecule has 0 amide bonds. The molecule has 2 heterocycles. The van der Waals surface area contributed by atoms with Crippen LogP contribution < -0.4 is 10.5 Å². The minimum atomic E-state index is 0.453. The summed E-state index contributed by atoms with van der Waals surface area (Å²) >= 11 is 0. The normalized spacial score (nSPS) is 10.0. The van der Waals surface area contributed by atoms with Crippen LogP contribution in [0.4, 0.5) is 5.69 Å². The van der Waals surface area contributed by atoms with Gasteiger partial charge in [0.1, 0.15) is 6.61 Å². The topological polar surface area (TPSA) is 63.9 Å². The summed E-state index contributed by atoms with van der Waals surface area (Å²) in [6, 6.07) is 7.40. The lowest BCUT2D eigenvalue weighted by Gasteiger charge is -2.05. The maximum Gasteiger partial charge on any atom is 0.237 e. The standard InChI is InChI=1S/C10H11N3O/c11-9-4-2-6-13-10(9)14-7-8-3-1-5-12-8/h1-6,12H,7,11H2. The van der Waals surface area contributed by atoms with E-state index in [1.165, 1.54) is 0 Å². The summed E-state index contributed by atoms with van der Waals surface area (Å²) in [5, 5.41) is 0. The van der Waals surface area contributed by atoms with Gasteiger partial charge in [-0.2, -0.15) is 0 Å². The van der Waals surface area contributed by atoms with E-state index in [0.29, 0.717) is 18.2 Å². The van der Waals surface area contributed by atoms with Crippen LogP contribution in [-0.2, 0) is 6.61 Å². The number of nitrogens with one attached hydrogen (secondary N) is 1. The lowest BCUT2D eigenvalue weighted by atomic mass is 10.4. The SMILES string of the molecule is Nc1cccnc1OCc1ccc[nH]1. The van der Waals surface area contributed by atoms with Crippen molar-refractivity contribution in [1.82, 2.24) is 9.97 Å². The summed E-state index contributed by atoms with van der Waals surface area (Å²) in [4.78, 5) is 7.05. The van der Waals surface area contributed by atoms with Gasteiger partial charge in [0.25, 0.3) is 0 Å². The molecule has 0 radical (unpaired) electrons. The van der Waals surface area contributed by atoms with Gasteiger partial charge in [-0.05, 0) is 24.3 Å². The van der Waals surface area contributed by atoms with E-state index in [0.717, 1.165) is 5.69 Å². The van der Waals surface area contributed by atoms with E-state index in [-0.39, 0.29) is 0 Å². The number of aromatic nitrogens is 2. The zero-order chi connectivity index (χ0) is 9.80. The number of aromatic amines is 1. The molecule has 0 atom stereocenters. The Hall–Kier alpha value is -1.97. The van der Waals surface area contributed by atoms with Gasteiger partial charge in [-0.25, -0.2) is 4.98 Å². The van der Waals surface area contributed by atoms with Gasteiger partial charge < -0.3 is 15.5 Å². The second-order valence-electron chi connectivity index (χ2n) is 2.88. The van der Waals surface area contributed by atoms with E-state index in [1.54, 1.807) is 18.3 Å². The van der Waals surface area contributed by atoms with Gasteiger partial charge in [0.05, 0.1) is 11.4 Å². The first kappa shape index (κ1) is 8.62. The van der Waals surface area contributed by atoms with Gasteiger partial charge in [-0.1, -0.05) is 0 Å². The van der Waals surface area contributed by atoms with Gasteiger partial charge in [0.15, 0.2) is 0 Å². The van der Waals surface area contributed by atoms with Crippen molar-refractivity contribution in [3.05, 3.63) is 42.4 Å². The highest BCUT2D eigenvalue weighted by atomic mass is 16.5. The van der Waals surface area contributed by atoms with Crippen LogP contribution in [0.5, 0.6) is 5.88 Å². The highest BCUT2D eigenvalue weighted by Crippen LogP contribution is 2.16. The van der Waals surface area contributed by atoms with Crippen LogP contribution >= 0.6 is 0 Å². The third kappa shape index (κ3) is 1.85. The van der Waals surface area contributed by atoms with Gasteiger partial charge in [-0.3, -0.25) is 0 Å². The third-order valence-corrected chi connectivity index (χ3v) is 1.83. The number of hydrogen-bond acceptors (Lipinski definition) is 3. The molecule has 2 rings (SSSR count). The molecule has 0 aliphatic carbocycles. The minimum absolute atomic E-state index is 0.453. The molecule has 2 aromatic heterocycles. The van der Waals surface area contributed by atoms with E-state index in [9.17, 15) is 0 Å². The highest BCUT2D eigenvalue weighted by molar-refractivity contribution is 5.46. The quantitative estimate of drug-likeness (QED) is 0.770. The van der Waals surface area contributed by atoms with E-state index in [4.69, 9.17) is 10.5 Å². The maximum absolute atomic E-state index is 5.66. The van der Waals surface area contributed by atoms with E-state index in [2.05, 4.69) is 9.97 Å². The van der Waals surface area contributed by atoms with Crippen molar-refractivity contribution in [2.75, 3.05) is 5.73 Å². The van der Waals surface area contributed by atoms with Crippen molar-refractivity contribution in [1.29, 1.82) is 0 Å². The Morgan fingerprint density at radius 3 is 3.00 bits per heavy atom. The summed E-state index contributed by atoms with van der Waals surface area (Å²) in [5.41, 5.74) is 7.21. The summed E-state index contributed by atoms with van der Waals surface area (Å²) in [6.07, 6.45) is 3.50. The lowest BCUT2D eigenvalue weighted by Crippen LogP contribution is -2.00. The average Bonchev–Trinajstić information content (AvgIpc) is 2.69. The van der Waals surface area contributed by atoms with Gasteiger partial charge in [0, 0.05) is 12.4 Å². The van der Waals surface area contributed by atoms with Crippen LogP contribution in [0.25, 0.3) is 0 Å². The number of anilines is 1. The molecule has 4 heteroatoms. The largest absolute Gasteiger partial charge is 0.470 e. The van der Waals surface area contributed by atoms with Crippen LogP contribution in [-0.4, -0.2) is 9.97 Å². The predicted molar refractivity (Wildman–Crippen MR) is 53.8 cm³/mol. The molecule has 0 aliphatic heterocycles. The Morgan fingerprint density at radius 2 is 2.29 bits per heavy atom. The molecule has 3 N–H and O–H groups in total. The summed E-state index contributed by atoms with van der Waals surface area (Å²) in [7, 11) is 0. The fraction of sp³-hybridized carbons (Fsp3) is 0.100. The fourth-order valence-electron chi connectivity index (χ4n) is 1.13. The molecule has 2 aromatic rings. The molecule has 14 heavy (non-hydrogen) atoms. The number of nitrogens with zero attached hydrogens (tertiary/aromatic N) is 1. The molecule has 0 aliphatic rings. The van der Waals surface area contributed by atoms with E-state index in [1.807, 2.05) is 18.3 Å². The van der Waals surface area contributed by atoms with Crippen molar-refractivity contribution < 1.29 is 4.74 Å². The zero-order valence-corrected chi connectivity index (χ0v) is 7.60. The number of rotatable bonds is 3. The molecule has 0 aromatic carbocycles. The Balaban J connectivity index is 2.02. The first-order chi connectivity index (χ1) is 6.86. The Kier molecular flexibility index (Phi) is 2.36. The molecule has 0 saturated carbocycles. The molecular weight excluding hydrogens is 178 g/mol. The summed E-state index contributed by atoms with van der Waals surface area (Å²) < 4.78 is 5.41.